The number of carbonyl (C=O) groups is 1. The van der Waals surface area contributed by atoms with E-state index in [-0.39, 0.29) is 24.6 Å². The number of ether oxygens (including phenoxy) is 2. The van der Waals surface area contributed by atoms with Gasteiger partial charge < -0.3 is 14.6 Å². The lowest BCUT2D eigenvalue weighted by Crippen LogP contribution is -2.28. The van der Waals surface area contributed by atoms with Gasteiger partial charge in [0.05, 0.1) is 12.0 Å². The van der Waals surface area contributed by atoms with E-state index in [1.165, 1.54) is 10.4 Å². The maximum Gasteiger partial charge on any atom is 0.306 e. The fraction of sp³-hybridized carbons (Fsp3) is 0.682. The Morgan fingerprint density at radius 3 is 2.66 bits per heavy atom. The van der Waals surface area contributed by atoms with Gasteiger partial charge in [-0.25, -0.2) is 9.97 Å². The summed E-state index contributed by atoms with van der Waals surface area (Å²) in [6.07, 6.45) is 7.88. The monoisotopic (exact) mass is 418 g/mol. The molecule has 1 fully saturated rings. The van der Waals surface area contributed by atoms with Gasteiger partial charge in [-0.2, -0.15) is 0 Å². The van der Waals surface area contributed by atoms with Crippen molar-refractivity contribution in [1.29, 1.82) is 0 Å². The number of nitrogens with zero attached hydrogens (tertiary/aromatic N) is 2. The minimum absolute atomic E-state index is 0.104. The van der Waals surface area contributed by atoms with Crippen LogP contribution in [0.3, 0.4) is 0 Å². The highest BCUT2D eigenvalue weighted by Gasteiger charge is 2.31. The molecule has 0 spiro atoms. The van der Waals surface area contributed by atoms with Crippen LogP contribution in [0.4, 0.5) is 0 Å². The molecule has 0 unspecified atom stereocenters. The van der Waals surface area contributed by atoms with Gasteiger partial charge in [0, 0.05) is 17.2 Å². The van der Waals surface area contributed by atoms with Gasteiger partial charge in [-0.05, 0) is 70.8 Å². The predicted octanol–water partition coefficient (Wildman–Crippen LogP) is 4.38. The van der Waals surface area contributed by atoms with E-state index in [9.17, 15) is 9.90 Å². The van der Waals surface area contributed by atoms with Crippen molar-refractivity contribution in [2.45, 2.75) is 83.3 Å². The van der Waals surface area contributed by atoms with Gasteiger partial charge in [-0.15, -0.1) is 11.3 Å². The second-order valence-electron chi connectivity index (χ2n) is 9.27. The van der Waals surface area contributed by atoms with E-state index in [1.807, 2.05) is 20.8 Å². The standard InChI is InChI=1S/C22H30N2O4S/c1-22(2,3)28-17(26)10-13-4-7-15(8-5-13)27-20-19-18-14(11-25)6-9-16(18)29-21(19)24-12-23-20/h12-15,25H,4-11H2,1-3H3/t13?,14-,15?/m1/s1. The number of thiophene rings is 1. The molecule has 1 atom stereocenters. The zero-order chi connectivity index (χ0) is 20.6. The largest absolute Gasteiger partial charge is 0.474 e. The third kappa shape index (κ3) is 4.56. The fourth-order valence-corrected chi connectivity index (χ4v) is 5.77. The summed E-state index contributed by atoms with van der Waals surface area (Å²) in [5.41, 5.74) is 0.768. The molecule has 29 heavy (non-hydrogen) atoms. The number of aliphatic hydroxyl groups excluding tert-OH is 1. The summed E-state index contributed by atoms with van der Waals surface area (Å²) in [6.45, 7) is 5.87. The minimum atomic E-state index is -0.428. The molecule has 0 amide bonds. The second kappa shape index (κ2) is 8.19. The number of aliphatic hydroxyl groups is 1. The molecule has 1 saturated carbocycles. The first-order chi connectivity index (χ1) is 13.8. The van der Waals surface area contributed by atoms with Crippen LogP contribution in [0.2, 0.25) is 0 Å². The van der Waals surface area contributed by atoms with E-state index < -0.39 is 5.60 Å². The molecular formula is C22H30N2O4S. The summed E-state index contributed by atoms with van der Waals surface area (Å²) in [5, 5.41) is 10.8. The number of aryl methyl sites for hydroxylation is 1. The highest BCUT2D eigenvalue weighted by molar-refractivity contribution is 7.19. The number of hydrogen-bond acceptors (Lipinski definition) is 7. The summed E-state index contributed by atoms with van der Waals surface area (Å²) in [7, 11) is 0. The van der Waals surface area contributed by atoms with Crippen LogP contribution < -0.4 is 4.74 Å². The third-order valence-electron chi connectivity index (χ3n) is 5.86. The predicted molar refractivity (Wildman–Crippen MR) is 112 cm³/mol. The number of esters is 1. The van der Waals surface area contributed by atoms with Crippen LogP contribution >= 0.6 is 11.3 Å². The minimum Gasteiger partial charge on any atom is -0.474 e. The van der Waals surface area contributed by atoms with Gasteiger partial charge in [0.15, 0.2) is 0 Å². The van der Waals surface area contributed by atoms with Crippen molar-refractivity contribution in [1.82, 2.24) is 9.97 Å². The quantitative estimate of drug-likeness (QED) is 0.726. The molecule has 0 aromatic carbocycles. The molecule has 2 aliphatic rings. The van der Waals surface area contributed by atoms with Crippen molar-refractivity contribution in [3.63, 3.8) is 0 Å². The van der Waals surface area contributed by atoms with Gasteiger partial charge in [0.25, 0.3) is 0 Å². The zero-order valence-electron chi connectivity index (χ0n) is 17.4. The second-order valence-corrected chi connectivity index (χ2v) is 10.4. The Morgan fingerprint density at radius 1 is 1.21 bits per heavy atom. The van der Waals surface area contributed by atoms with Crippen LogP contribution in [0.25, 0.3) is 10.2 Å². The molecule has 2 aromatic rings. The molecule has 2 aromatic heterocycles. The van der Waals surface area contributed by atoms with Crippen LogP contribution in [0, 0.1) is 5.92 Å². The number of hydrogen-bond donors (Lipinski definition) is 1. The average Bonchev–Trinajstić information content (AvgIpc) is 3.20. The maximum atomic E-state index is 12.1. The molecule has 2 aliphatic carbocycles. The molecule has 7 heteroatoms. The molecule has 2 heterocycles. The summed E-state index contributed by atoms with van der Waals surface area (Å²) >= 11 is 1.70. The molecule has 0 saturated heterocycles. The number of aromatic nitrogens is 2. The lowest BCUT2D eigenvalue weighted by Gasteiger charge is -2.29. The number of fused-ring (bicyclic) bond motifs is 3. The first-order valence-corrected chi connectivity index (χ1v) is 11.4. The van der Waals surface area contributed by atoms with Gasteiger partial charge >= 0.3 is 5.97 Å². The van der Waals surface area contributed by atoms with Crippen LogP contribution in [-0.4, -0.2) is 39.4 Å². The molecule has 4 rings (SSSR count). The highest BCUT2D eigenvalue weighted by atomic mass is 32.1. The first kappa shape index (κ1) is 20.5. The normalized spacial score (nSPS) is 24.5. The van der Waals surface area contributed by atoms with Crippen molar-refractivity contribution < 1.29 is 19.4 Å². The van der Waals surface area contributed by atoms with Crippen molar-refractivity contribution >= 4 is 27.5 Å². The van der Waals surface area contributed by atoms with Gasteiger partial charge in [-0.1, -0.05) is 0 Å². The van der Waals surface area contributed by atoms with E-state index in [4.69, 9.17) is 9.47 Å². The summed E-state index contributed by atoms with van der Waals surface area (Å²) in [4.78, 5) is 23.2. The Balaban J connectivity index is 1.40. The number of carbonyl (C=O) groups excluding carboxylic acids is 1. The van der Waals surface area contributed by atoms with Crippen LogP contribution in [0.5, 0.6) is 5.88 Å². The summed E-state index contributed by atoms with van der Waals surface area (Å²) < 4.78 is 11.8. The lowest BCUT2D eigenvalue weighted by molar-refractivity contribution is -0.156. The van der Waals surface area contributed by atoms with Crippen LogP contribution in [0.15, 0.2) is 6.33 Å². The molecule has 0 radical (unpaired) electrons. The molecule has 0 aliphatic heterocycles. The van der Waals surface area contributed by atoms with Crippen LogP contribution in [-0.2, 0) is 16.0 Å². The van der Waals surface area contributed by atoms with E-state index in [1.54, 1.807) is 17.7 Å². The molecule has 0 bridgehead atoms. The van der Waals surface area contributed by atoms with E-state index in [2.05, 4.69) is 9.97 Å². The Bertz CT molecular complexity index is 881. The molecule has 158 valence electrons. The lowest BCUT2D eigenvalue weighted by atomic mass is 9.85. The average molecular weight is 419 g/mol. The zero-order valence-corrected chi connectivity index (χ0v) is 18.3. The Labute approximate surface area is 175 Å². The maximum absolute atomic E-state index is 12.1. The highest BCUT2D eigenvalue weighted by Crippen LogP contribution is 2.46. The topological polar surface area (TPSA) is 81.5 Å². The first-order valence-electron chi connectivity index (χ1n) is 10.6. The smallest absolute Gasteiger partial charge is 0.306 e. The van der Waals surface area contributed by atoms with Crippen molar-refractivity contribution in [2.24, 2.45) is 5.92 Å². The van der Waals surface area contributed by atoms with Crippen molar-refractivity contribution in [2.75, 3.05) is 6.61 Å². The Morgan fingerprint density at radius 2 is 1.97 bits per heavy atom. The van der Waals surface area contributed by atoms with Crippen molar-refractivity contribution in [3.8, 4) is 5.88 Å². The van der Waals surface area contributed by atoms with E-state index in [0.29, 0.717) is 18.2 Å². The Kier molecular flexibility index (Phi) is 5.80. The summed E-state index contributed by atoms with van der Waals surface area (Å²) in [5.74, 6) is 1.07. The Hall–Kier alpha value is -1.73. The number of rotatable bonds is 5. The van der Waals surface area contributed by atoms with Crippen molar-refractivity contribution in [3.05, 3.63) is 16.8 Å². The van der Waals surface area contributed by atoms with Crippen LogP contribution in [0.1, 0.15) is 75.7 Å². The van der Waals surface area contributed by atoms with E-state index in [0.717, 1.165) is 48.7 Å². The summed E-state index contributed by atoms with van der Waals surface area (Å²) in [6, 6.07) is 0. The molecular weight excluding hydrogens is 388 g/mol. The van der Waals surface area contributed by atoms with Gasteiger partial charge in [-0.3, -0.25) is 4.79 Å². The van der Waals surface area contributed by atoms with Gasteiger partial charge in [0.2, 0.25) is 5.88 Å². The fourth-order valence-electron chi connectivity index (χ4n) is 4.54. The van der Waals surface area contributed by atoms with Gasteiger partial charge in [0.1, 0.15) is 22.9 Å². The molecule has 1 N–H and O–H groups in total. The molecule has 6 nitrogen and oxygen atoms in total. The SMILES string of the molecule is CC(C)(C)OC(=O)CC1CCC(Oc2ncnc3sc4c(c23)[C@@H](CO)CC4)CC1. The van der Waals surface area contributed by atoms with E-state index >= 15 is 0 Å². The third-order valence-corrected chi connectivity index (χ3v) is 7.04.